The van der Waals surface area contributed by atoms with E-state index < -0.39 is 27.3 Å². The molecule has 1 aliphatic carbocycles. The number of nitrogens with one attached hydrogen (secondary N) is 1. The van der Waals surface area contributed by atoms with Crippen LogP contribution in [0, 0.1) is 0 Å². The van der Waals surface area contributed by atoms with Crippen LogP contribution in [-0.4, -0.2) is 37.2 Å². The van der Waals surface area contributed by atoms with Gasteiger partial charge in [-0.15, -0.1) is 0 Å². The van der Waals surface area contributed by atoms with E-state index in [0.717, 1.165) is 31.9 Å². The lowest BCUT2D eigenvalue weighted by Gasteiger charge is -2.29. The van der Waals surface area contributed by atoms with Gasteiger partial charge < -0.3 is 10.4 Å². The van der Waals surface area contributed by atoms with Crippen molar-refractivity contribution in [1.82, 2.24) is 5.32 Å². The minimum absolute atomic E-state index is 0.122. The molecule has 1 amide bonds. The number of carboxylic acid groups (broad SMARTS) is 1. The molecular weight excluding hydrogens is 318 g/mol. The van der Waals surface area contributed by atoms with Gasteiger partial charge in [0.1, 0.15) is 5.54 Å². The van der Waals surface area contributed by atoms with Crippen molar-refractivity contribution in [3.63, 3.8) is 0 Å². The highest BCUT2D eigenvalue weighted by Gasteiger charge is 2.40. The normalized spacial score (nSPS) is 18.0. The minimum atomic E-state index is -3.33. The summed E-state index contributed by atoms with van der Waals surface area (Å²) in [4.78, 5) is 24.2. The first kappa shape index (κ1) is 17.5. The van der Waals surface area contributed by atoms with E-state index in [9.17, 15) is 23.1 Å². The standard InChI is InChI=1S/C16H21NO5S/c1-23(21,22)13-8-6-12(7-9-13)14(18)17-16(15(19)20)10-4-2-3-5-11-16/h6-9H,2-5,10-11H2,1H3,(H,17,18)(H,19,20). The number of carboxylic acids is 1. The zero-order valence-corrected chi connectivity index (χ0v) is 13.9. The number of aliphatic carboxylic acids is 1. The molecule has 0 spiro atoms. The van der Waals surface area contributed by atoms with E-state index in [0.29, 0.717) is 12.8 Å². The fourth-order valence-corrected chi connectivity index (χ4v) is 3.50. The Morgan fingerprint density at radius 1 is 1.04 bits per heavy atom. The second-order valence-corrected chi connectivity index (χ2v) is 8.07. The van der Waals surface area contributed by atoms with Crippen LogP contribution in [0.1, 0.15) is 48.9 Å². The molecular formula is C16H21NO5S. The molecule has 2 N–H and O–H groups in total. The summed E-state index contributed by atoms with van der Waals surface area (Å²) >= 11 is 0. The first-order valence-electron chi connectivity index (χ1n) is 7.61. The third kappa shape index (κ3) is 4.10. The number of carbonyl (C=O) groups is 2. The Morgan fingerprint density at radius 3 is 2.00 bits per heavy atom. The summed E-state index contributed by atoms with van der Waals surface area (Å²) in [5.74, 6) is -1.50. The van der Waals surface area contributed by atoms with Crippen LogP contribution in [0.25, 0.3) is 0 Å². The van der Waals surface area contributed by atoms with Gasteiger partial charge in [-0.2, -0.15) is 0 Å². The highest BCUT2D eigenvalue weighted by Crippen LogP contribution is 2.28. The van der Waals surface area contributed by atoms with E-state index in [1.54, 1.807) is 0 Å². The van der Waals surface area contributed by atoms with E-state index in [1.807, 2.05) is 0 Å². The van der Waals surface area contributed by atoms with Gasteiger partial charge in [-0.25, -0.2) is 13.2 Å². The number of rotatable bonds is 4. The Balaban J connectivity index is 2.20. The van der Waals surface area contributed by atoms with Gasteiger partial charge in [-0.1, -0.05) is 25.7 Å². The molecule has 2 rings (SSSR count). The number of hydrogen-bond acceptors (Lipinski definition) is 4. The Hall–Kier alpha value is -1.89. The van der Waals surface area contributed by atoms with E-state index >= 15 is 0 Å². The summed E-state index contributed by atoms with van der Waals surface area (Å²) in [6.07, 6.45) is 5.37. The Kier molecular flexibility index (Phi) is 5.09. The van der Waals surface area contributed by atoms with Crippen LogP contribution in [-0.2, 0) is 14.6 Å². The highest BCUT2D eigenvalue weighted by molar-refractivity contribution is 7.90. The fraction of sp³-hybridized carbons (Fsp3) is 0.500. The van der Waals surface area contributed by atoms with Crippen LogP contribution < -0.4 is 5.32 Å². The fourth-order valence-electron chi connectivity index (χ4n) is 2.87. The number of hydrogen-bond donors (Lipinski definition) is 2. The van der Waals surface area contributed by atoms with Gasteiger partial charge in [0.2, 0.25) is 0 Å². The average molecular weight is 339 g/mol. The number of carbonyl (C=O) groups excluding carboxylic acids is 1. The molecule has 7 heteroatoms. The maximum Gasteiger partial charge on any atom is 0.329 e. The molecule has 0 heterocycles. The monoisotopic (exact) mass is 339 g/mol. The second kappa shape index (κ2) is 6.70. The molecule has 126 valence electrons. The van der Waals surface area contributed by atoms with Crippen LogP contribution >= 0.6 is 0 Å². The molecule has 1 aromatic rings. The second-order valence-electron chi connectivity index (χ2n) is 6.05. The number of benzene rings is 1. The maximum absolute atomic E-state index is 12.4. The Labute approximate surface area is 135 Å². The SMILES string of the molecule is CS(=O)(=O)c1ccc(C(=O)NC2(C(=O)O)CCCCCC2)cc1. The molecule has 6 nitrogen and oxygen atoms in total. The van der Waals surface area contributed by atoms with Gasteiger partial charge in [-0.05, 0) is 37.1 Å². The van der Waals surface area contributed by atoms with Crippen LogP contribution in [0.3, 0.4) is 0 Å². The summed E-state index contributed by atoms with van der Waals surface area (Å²) < 4.78 is 22.9. The van der Waals surface area contributed by atoms with Crippen molar-refractivity contribution in [2.45, 2.75) is 49.0 Å². The van der Waals surface area contributed by atoms with Crippen molar-refractivity contribution in [2.75, 3.05) is 6.26 Å². The summed E-state index contributed by atoms with van der Waals surface area (Å²) in [7, 11) is -3.33. The third-order valence-electron chi connectivity index (χ3n) is 4.26. The average Bonchev–Trinajstić information content (AvgIpc) is 2.73. The Morgan fingerprint density at radius 2 is 1.57 bits per heavy atom. The maximum atomic E-state index is 12.4. The molecule has 1 aromatic carbocycles. The molecule has 1 fully saturated rings. The molecule has 0 radical (unpaired) electrons. The van der Waals surface area contributed by atoms with Gasteiger partial charge >= 0.3 is 5.97 Å². The molecule has 0 atom stereocenters. The van der Waals surface area contributed by atoms with Crippen molar-refractivity contribution < 1.29 is 23.1 Å². The summed E-state index contributed by atoms with van der Waals surface area (Å²) in [5.41, 5.74) is -0.981. The molecule has 0 aliphatic heterocycles. The molecule has 0 unspecified atom stereocenters. The zero-order valence-electron chi connectivity index (χ0n) is 13.0. The van der Waals surface area contributed by atoms with E-state index in [-0.39, 0.29) is 10.5 Å². The minimum Gasteiger partial charge on any atom is -0.480 e. The molecule has 23 heavy (non-hydrogen) atoms. The van der Waals surface area contributed by atoms with Crippen LogP contribution in [0.2, 0.25) is 0 Å². The summed E-state index contributed by atoms with van der Waals surface area (Å²) in [5, 5.41) is 12.2. The third-order valence-corrected chi connectivity index (χ3v) is 5.39. The van der Waals surface area contributed by atoms with Gasteiger partial charge in [0.25, 0.3) is 5.91 Å². The molecule has 0 bridgehead atoms. The zero-order chi connectivity index (χ0) is 17.1. The highest BCUT2D eigenvalue weighted by atomic mass is 32.2. The van der Waals surface area contributed by atoms with E-state index in [2.05, 4.69) is 5.32 Å². The van der Waals surface area contributed by atoms with Gasteiger partial charge in [0, 0.05) is 11.8 Å². The topological polar surface area (TPSA) is 101 Å². The first-order valence-corrected chi connectivity index (χ1v) is 9.50. The van der Waals surface area contributed by atoms with Crippen molar-refractivity contribution in [1.29, 1.82) is 0 Å². The first-order chi connectivity index (χ1) is 10.7. The predicted molar refractivity (Wildman–Crippen MR) is 85.1 cm³/mol. The molecule has 0 aromatic heterocycles. The number of sulfone groups is 1. The lowest BCUT2D eigenvalue weighted by atomic mass is 9.90. The van der Waals surface area contributed by atoms with Crippen molar-refractivity contribution in [3.05, 3.63) is 29.8 Å². The molecule has 1 saturated carbocycles. The van der Waals surface area contributed by atoms with Gasteiger partial charge in [-0.3, -0.25) is 4.79 Å². The van der Waals surface area contributed by atoms with E-state index in [1.165, 1.54) is 24.3 Å². The largest absolute Gasteiger partial charge is 0.480 e. The van der Waals surface area contributed by atoms with Crippen LogP contribution in [0.15, 0.2) is 29.2 Å². The summed E-state index contributed by atoms with van der Waals surface area (Å²) in [6, 6.07) is 5.51. The summed E-state index contributed by atoms with van der Waals surface area (Å²) in [6.45, 7) is 0. The van der Waals surface area contributed by atoms with Gasteiger partial charge in [0.15, 0.2) is 9.84 Å². The quantitative estimate of drug-likeness (QED) is 0.817. The Bertz CT molecular complexity index is 686. The van der Waals surface area contributed by atoms with Crippen molar-refractivity contribution >= 4 is 21.7 Å². The molecule has 1 aliphatic rings. The molecule has 0 saturated heterocycles. The predicted octanol–water partition coefficient (Wildman–Crippen LogP) is 2.00. The lowest BCUT2D eigenvalue weighted by Crippen LogP contribution is -2.54. The van der Waals surface area contributed by atoms with Crippen molar-refractivity contribution in [3.8, 4) is 0 Å². The number of amides is 1. The smallest absolute Gasteiger partial charge is 0.329 e. The lowest BCUT2D eigenvalue weighted by molar-refractivity contribution is -0.145. The van der Waals surface area contributed by atoms with Crippen LogP contribution in [0.4, 0.5) is 0 Å². The van der Waals surface area contributed by atoms with Crippen molar-refractivity contribution in [2.24, 2.45) is 0 Å². The van der Waals surface area contributed by atoms with Crippen LogP contribution in [0.5, 0.6) is 0 Å². The van der Waals surface area contributed by atoms with E-state index in [4.69, 9.17) is 0 Å². The van der Waals surface area contributed by atoms with Gasteiger partial charge in [0.05, 0.1) is 4.90 Å².